The van der Waals surface area contributed by atoms with Gasteiger partial charge in [-0.15, -0.1) is 0 Å². The summed E-state index contributed by atoms with van der Waals surface area (Å²) in [6.07, 6.45) is 1.54. The molecule has 1 aromatic carbocycles. The second kappa shape index (κ2) is 5.96. The van der Waals surface area contributed by atoms with Crippen molar-refractivity contribution in [2.24, 2.45) is 11.7 Å². The molecule has 0 aliphatic carbocycles. The van der Waals surface area contributed by atoms with Crippen LogP contribution in [0.3, 0.4) is 0 Å². The minimum Gasteiger partial charge on any atom is -0.387 e. The van der Waals surface area contributed by atoms with Gasteiger partial charge in [-0.05, 0) is 54.0 Å². The summed E-state index contributed by atoms with van der Waals surface area (Å²) in [5.74, 6) is -0.740. The molecule has 0 spiro atoms. The number of hydrogen-bond donors (Lipinski definition) is 2. The van der Waals surface area contributed by atoms with E-state index in [1.165, 1.54) is 12.1 Å². The van der Waals surface area contributed by atoms with E-state index in [1.54, 1.807) is 0 Å². The third-order valence-electron chi connectivity index (χ3n) is 3.55. The van der Waals surface area contributed by atoms with E-state index < -0.39 is 11.6 Å². The Kier molecular flexibility index (Phi) is 4.52. The van der Waals surface area contributed by atoms with Crippen LogP contribution in [0.25, 0.3) is 0 Å². The van der Waals surface area contributed by atoms with Gasteiger partial charge in [-0.25, -0.2) is 8.78 Å². The summed E-state index contributed by atoms with van der Waals surface area (Å²) in [5, 5.41) is 7.41. The standard InChI is InChI=1S/C13H16BrF2N3/c14-10-1-2-11(15)9(12(10)16)7-19-5-3-8(4-6-19)13(17)18/h1-2,8H,3-7H2,(H3,17,18). The highest BCUT2D eigenvalue weighted by molar-refractivity contribution is 9.10. The van der Waals surface area contributed by atoms with Crippen LogP contribution in [0.2, 0.25) is 0 Å². The topological polar surface area (TPSA) is 53.1 Å². The van der Waals surface area contributed by atoms with Crippen LogP contribution in [0.4, 0.5) is 8.78 Å². The van der Waals surface area contributed by atoms with Crippen LogP contribution in [-0.4, -0.2) is 23.8 Å². The van der Waals surface area contributed by atoms with Crippen molar-refractivity contribution in [2.45, 2.75) is 19.4 Å². The van der Waals surface area contributed by atoms with Gasteiger partial charge >= 0.3 is 0 Å². The van der Waals surface area contributed by atoms with Crippen molar-refractivity contribution in [1.29, 1.82) is 5.41 Å². The third-order valence-corrected chi connectivity index (χ3v) is 4.16. The van der Waals surface area contributed by atoms with Gasteiger partial charge in [0.2, 0.25) is 0 Å². The summed E-state index contributed by atoms with van der Waals surface area (Å²) in [5.41, 5.74) is 5.57. The fourth-order valence-electron chi connectivity index (χ4n) is 2.34. The molecule has 0 bridgehead atoms. The Balaban J connectivity index is 2.04. The fourth-order valence-corrected chi connectivity index (χ4v) is 2.71. The largest absolute Gasteiger partial charge is 0.387 e. The third kappa shape index (κ3) is 3.30. The Morgan fingerprint density at radius 3 is 2.58 bits per heavy atom. The first-order chi connectivity index (χ1) is 8.99. The highest BCUT2D eigenvalue weighted by atomic mass is 79.9. The van der Waals surface area contributed by atoms with Gasteiger partial charge in [0.1, 0.15) is 11.6 Å². The summed E-state index contributed by atoms with van der Waals surface area (Å²) in [7, 11) is 0. The van der Waals surface area contributed by atoms with Crippen LogP contribution in [-0.2, 0) is 6.54 Å². The highest BCUT2D eigenvalue weighted by Gasteiger charge is 2.23. The molecule has 6 heteroatoms. The summed E-state index contributed by atoms with van der Waals surface area (Å²) in [6.45, 7) is 1.66. The van der Waals surface area contributed by atoms with Gasteiger partial charge in [0.05, 0.1) is 10.3 Å². The molecule has 0 atom stereocenters. The van der Waals surface area contributed by atoms with Crippen molar-refractivity contribution in [3.63, 3.8) is 0 Å². The number of nitrogens with one attached hydrogen (secondary N) is 1. The SMILES string of the molecule is N=C(N)C1CCN(Cc2c(F)ccc(Br)c2F)CC1. The van der Waals surface area contributed by atoms with E-state index in [9.17, 15) is 8.78 Å². The lowest BCUT2D eigenvalue weighted by atomic mass is 9.95. The second-order valence-electron chi connectivity index (χ2n) is 4.83. The Morgan fingerprint density at radius 2 is 2.00 bits per heavy atom. The number of likely N-dealkylation sites (tertiary alicyclic amines) is 1. The minimum atomic E-state index is -0.534. The lowest BCUT2D eigenvalue weighted by Crippen LogP contribution is -2.38. The quantitative estimate of drug-likeness (QED) is 0.508. The Hall–Kier alpha value is -1.01. The van der Waals surface area contributed by atoms with Crippen molar-refractivity contribution >= 4 is 21.8 Å². The molecule has 1 heterocycles. The number of hydrogen-bond acceptors (Lipinski definition) is 2. The maximum Gasteiger partial charge on any atom is 0.144 e. The van der Waals surface area contributed by atoms with Gasteiger partial charge in [-0.2, -0.15) is 0 Å². The number of halogens is 3. The second-order valence-corrected chi connectivity index (χ2v) is 5.68. The van der Waals surface area contributed by atoms with Gasteiger partial charge in [-0.1, -0.05) is 0 Å². The first kappa shape index (κ1) is 14.4. The monoisotopic (exact) mass is 331 g/mol. The molecular weight excluding hydrogens is 316 g/mol. The highest BCUT2D eigenvalue weighted by Crippen LogP contribution is 2.25. The zero-order valence-corrected chi connectivity index (χ0v) is 12.0. The van der Waals surface area contributed by atoms with Crippen LogP contribution in [0.5, 0.6) is 0 Å². The molecule has 1 aromatic rings. The number of rotatable bonds is 3. The van der Waals surface area contributed by atoms with Gasteiger partial charge in [0, 0.05) is 18.0 Å². The molecule has 19 heavy (non-hydrogen) atoms. The van der Waals surface area contributed by atoms with E-state index in [2.05, 4.69) is 15.9 Å². The average Bonchev–Trinajstić information content (AvgIpc) is 2.40. The smallest absolute Gasteiger partial charge is 0.144 e. The van der Waals surface area contributed by atoms with Crippen molar-refractivity contribution in [1.82, 2.24) is 4.90 Å². The maximum atomic E-state index is 13.9. The number of nitrogens with two attached hydrogens (primary N) is 1. The summed E-state index contributed by atoms with van der Waals surface area (Å²) in [4.78, 5) is 1.99. The van der Waals surface area contributed by atoms with Crippen LogP contribution in [0, 0.1) is 23.0 Å². The Morgan fingerprint density at radius 1 is 1.37 bits per heavy atom. The van der Waals surface area contributed by atoms with E-state index in [4.69, 9.17) is 11.1 Å². The minimum absolute atomic E-state index is 0.0932. The molecule has 104 valence electrons. The Bertz CT molecular complexity index is 485. The van der Waals surface area contributed by atoms with Gasteiger partial charge in [0.25, 0.3) is 0 Å². The van der Waals surface area contributed by atoms with Crippen molar-refractivity contribution in [3.05, 3.63) is 33.8 Å². The van der Waals surface area contributed by atoms with Crippen molar-refractivity contribution < 1.29 is 8.78 Å². The van der Waals surface area contributed by atoms with Crippen molar-refractivity contribution in [3.8, 4) is 0 Å². The van der Waals surface area contributed by atoms with Crippen LogP contribution < -0.4 is 5.73 Å². The van der Waals surface area contributed by atoms with E-state index in [0.29, 0.717) is 13.1 Å². The molecule has 1 fully saturated rings. The molecule has 0 radical (unpaired) electrons. The Labute approximate surface area is 119 Å². The maximum absolute atomic E-state index is 13.9. The summed E-state index contributed by atoms with van der Waals surface area (Å²) in [6, 6.07) is 2.64. The lowest BCUT2D eigenvalue weighted by Gasteiger charge is -2.31. The van der Waals surface area contributed by atoms with E-state index in [0.717, 1.165) is 12.8 Å². The number of benzene rings is 1. The zero-order valence-electron chi connectivity index (χ0n) is 10.4. The molecule has 1 aliphatic heterocycles. The lowest BCUT2D eigenvalue weighted by molar-refractivity contribution is 0.196. The summed E-state index contributed by atoms with van der Waals surface area (Å²) < 4.78 is 27.8. The average molecular weight is 332 g/mol. The van der Waals surface area contributed by atoms with E-state index >= 15 is 0 Å². The molecule has 0 unspecified atom stereocenters. The number of amidine groups is 1. The predicted molar refractivity (Wildman–Crippen MR) is 74.0 cm³/mol. The van der Waals surface area contributed by atoms with Gasteiger partial charge < -0.3 is 5.73 Å². The molecule has 3 N–H and O–H groups in total. The zero-order chi connectivity index (χ0) is 14.0. The van der Waals surface area contributed by atoms with Crippen LogP contribution in [0.15, 0.2) is 16.6 Å². The molecule has 0 saturated carbocycles. The molecule has 3 nitrogen and oxygen atoms in total. The first-order valence-electron chi connectivity index (χ1n) is 6.17. The van der Waals surface area contributed by atoms with Gasteiger partial charge in [-0.3, -0.25) is 10.3 Å². The fraction of sp³-hybridized carbons (Fsp3) is 0.462. The first-order valence-corrected chi connectivity index (χ1v) is 6.97. The normalized spacial score (nSPS) is 17.6. The van der Waals surface area contributed by atoms with Crippen molar-refractivity contribution in [2.75, 3.05) is 13.1 Å². The van der Waals surface area contributed by atoms with Crippen LogP contribution in [0.1, 0.15) is 18.4 Å². The molecule has 1 saturated heterocycles. The van der Waals surface area contributed by atoms with Gasteiger partial charge in [0.15, 0.2) is 0 Å². The van der Waals surface area contributed by atoms with E-state index in [1.807, 2.05) is 4.90 Å². The van der Waals surface area contributed by atoms with E-state index in [-0.39, 0.29) is 28.3 Å². The summed E-state index contributed by atoms with van der Waals surface area (Å²) >= 11 is 3.07. The predicted octanol–water partition coefficient (Wildman–Crippen LogP) is 2.88. The van der Waals surface area contributed by atoms with Crippen LogP contribution >= 0.6 is 15.9 Å². The number of nitrogens with zero attached hydrogens (tertiary/aromatic N) is 1. The molecule has 0 aromatic heterocycles. The molecule has 0 amide bonds. The molecular formula is C13H16BrF2N3. The number of piperidine rings is 1. The molecule has 2 rings (SSSR count). The molecule has 1 aliphatic rings.